The molecule has 2 saturated heterocycles. The van der Waals surface area contributed by atoms with Gasteiger partial charge in [-0.05, 0) is 56.8 Å². The summed E-state index contributed by atoms with van der Waals surface area (Å²) in [4.78, 5) is 9.64. The molecule has 5 heteroatoms. The molecule has 0 amide bonds. The standard InChI is InChI=1S/C18H25N3OS/c1-15-3-4-16(22-15)11-21-9-6-18(14-21)5-2-8-20(13-18)12-17-19-7-10-23-17/h3-4,7,10H,2,5-6,8-9,11-14H2,1H3/t18-/m0/s1. The number of likely N-dealkylation sites (tertiary alicyclic amines) is 2. The highest BCUT2D eigenvalue weighted by Crippen LogP contribution is 2.39. The van der Waals surface area contributed by atoms with Gasteiger partial charge in [0.2, 0.25) is 0 Å². The summed E-state index contributed by atoms with van der Waals surface area (Å²) in [5, 5.41) is 3.33. The molecule has 2 aromatic rings. The van der Waals surface area contributed by atoms with Crippen LogP contribution in [0.2, 0.25) is 0 Å². The maximum absolute atomic E-state index is 5.75. The fourth-order valence-electron chi connectivity index (χ4n) is 4.25. The molecule has 2 aliphatic rings. The number of aromatic nitrogens is 1. The van der Waals surface area contributed by atoms with Crippen molar-refractivity contribution in [1.29, 1.82) is 0 Å². The Hall–Kier alpha value is -1.17. The second-order valence-corrected chi connectivity index (χ2v) is 8.19. The van der Waals surface area contributed by atoms with Crippen molar-refractivity contribution in [1.82, 2.24) is 14.8 Å². The fraction of sp³-hybridized carbons (Fsp3) is 0.611. The fourth-order valence-corrected chi connectivity index (χ4v) is 4.91. The molecule has 4 rings (SSSR count). The highest BCUT2D eigenvalue weighted by molar-refractivity contribution is 7.09. The van der Waals surface area contributed by atoms with Crippen LogP contribution in [0.4, 0.5) is 0 Å². The first-order valence-electron chi connectivity index (χ1n) is 8.59. The Morgan fingerprint density at radius 3 is 2.78 bits per heavy atom. The Balaban J connectivity index is 1.36. The first-order chi connectivity index (χ1) is 11.2. The highest BCUT2D eigenvalue weighted by atomic mass is 32.1. The van der Waals surface area contributed by atoms with Crippen LogP contribution in [0.1, 0.15) is 35.8 Å². The molecule has 0 bridgehead atoms. The Kier molecular flexibility index (Phi) is 4.26. The zero-order chi connectivity index (χ0) is 15.7. The van der Waals surface area contributed by atoms with E-state index in [0.717, 1.165) is 24.6 Å². The second-order valence-electron chi connectivity index (χ2n) is 7.21. The number of furan rings is 1. The molecule has 0 radical (unpaired) electrons. The number of thiazole rings is 1. The predicted molar refractivity (Wildman–Crippen MR) is 92.4 cm³/mol. The van der Waals surface area contributed by atoms with Gasteiger partial charge in [-0.2, -0.15) is 0 Å². The van der Waals surface area contributed by atoms with Gasteiger partial charge in [-0.25, -0.2) is 4.98 Å². The molecule has 23 heavy (non-hydrogen) atoms. The van der Waals surface area contributed by atoms with Gasteiger partial charge in [0.25, 0.3) is 0 Å². The van der Waals surface area contributed by atoms with Crippen LogP contribution in [-0.2, 0) is 13.1 Å². The maximum Gasteiger partial charge on any atom is 0.118 e. The molecule has 4 nitrogen and oxygen atoms in total. The van der Waals surface area contributed by atoms with E-state index in [4.69, 9.17) is 4.42 Å². The molecule has 0 aliphatic carbocycles. The van der Waals surface area contributed by atoms with Crippen LogP contribution in [-0.4, -0.2) is 41.0 Å². The molecule has 0 unspecified atom stereocenters. The van der Waals surface area contributed by atoms with E-state index < -0.39 is 0 Å². The van der Waals surface area contributed by atoms with Crippen molar-refractivity contribution in [3.63, 3.8) is 0 Å². The summed E-state index contributed by atoms with van der Waals surface area (Å²) in [5.74, 6) is 2.12. The molecule has 1 spiro atoms. The van der Waals surface area contributed by atoms with Crippen molar-refractivity contribution in [2.45, 2.75) is 39.3 Å². The van der Waals surface area contributed by atoms with Crippen LogP contribution in [0.5, 0.6) is 0 Å². The minimum Gasteiger partial charge on any atom is -0.465 e. The van der Waals surface area contributed by atoms with Crippen molar-refractivity contribution >= 4 is 11.3 Å². The molecule has 4 heterocycles. The number of hydrogen-bond donors (Lipinski definition) is 0. The molecule has 124 valence electrons. The van der Waals surface area contributed by atoms with Crippen molar-refractivity contribution in [3.05, 3.63) is 40.2 Å². The number of aryl methyl sites for hydroxylation is 1. The Morgan fingerprint density at radius 1 is 1.17 bits per heavy atom. The van der Waals surface area contributed by atoms with Crippen LogP contribution in [0.3, 0.4) is 0 Å². The Labute approximate surface area is 142 Å². The van der Waals surface area contributed by atoms with Crippen LogP contribution in [0, 0.1) is 12.3 Å². The normalized spacial score (nSPS) is 26.3. The average Bonchev–Trinajstić information content (AvgIpc) is 3.24. The Morgan fingerprint density at radius 2 is 2.04 bits per heavy atom. The Bertz CT molecular complexity index is 638. The van der Waals surface area contributed by atoms with Gasteiger partial charge < -0.3 is 4.42 Å². The minimum absolute atomic E-state index is 0.483. The van der Waals surface area contributed by atoms with E-state index in [1.165, 1.54) is 50.4 Å². The number of hydrogen-bond acceptors (Lipinski definition) is 5. The molecule has 0 N–H and O–H groups in total. The lowest BCUT2D eigenvalue weighted by atomic mass is 9.79. The summed E-state index contributed by atoms with van der Waals surface area (Å²) in [5.41, 5.74) is 0.483. The van der Waals surface area contributed by atoms with Gasteiger partial charge in [-0.3, -0.25) is 9.80 Å². The van der Waals surface area contributed by atoms with Crippen LogP contribution in [0.25, 0.3) is 0 Å². The molecule has 2 aliphatic heterocycles. The van der Waals surface area contributed by atoms with E-state index in [1.807, 2.05) is 13.1 Å². The quantitative estimate of drug-likeness (QED) is 0.858. The molecule has 1 atom stereocenters. The number of piperidine rings is 1. The monoisotopic (exact) mass is 331 g/mol. The maximum atomic E-state index is 5.75. The summed E-state index contributed by atoms with van der Waals surface area (Å²) >= 11 is 1.78. The third kappa shape index (κ3) is 3.52. The van der Waals surface area contributed by atoms with Crippen LogP contribution in [0.15, 0.2) is 28.1 Å². The molecule has 0 saturated carbocycles. The van der Waals surface area contributed by atoms with E-state index in [9.17, 15) is 0 Å². The smallest absolute Gasteiger partial charge is 0.118 e. The number of rotatable bonds is 4. The lowest BCUT2D eigenvalue weighted by molar-refractivity contribution is 0.0857. The third-order valence-electron chi connectivity index (χ3n) is 5.28. The van der Waals surface area contributed by atoms with E-state index in [1.54, 1.807) is 11.3 Å². The van der Waals surface area contributed by atoms with Crippen molar-refractivity contribution in [3.8, 4) is 0 Å². The van der Waals surface area contributed by atoms with Crippen LogP contribution < -0.4 is 0 Å². The average molecular weight is 331 g/mol. The summed E-state index contributed by atoms with van der Waals surface area (Å²) in [6, 6.07) is 4.19. The minimum atomic E-state index is 0.483. The van der Waals surface area contributed by atoms with Crippen LogP contribution >= 0.6 is 11.3 Å². The van der Waals surface area contributed by atoms with Gasteiger partial charge in [-0.1, -0.05) is 0 Å². The van der Waals surface area contributed by atoms with Gasteiger partial charge in [0.1, 0.15) is 16.5 Å². The van der Waals surface area contributed by atoms with Gasteiger partial charge >= 0.3 is 0 Å². The topological polar surface area (TPSA) is 32.5 Å². The van der Waals surface area contributed by atoms with E-state index in [-0.39, 0.29) is 0 Å². The van der Waals surface area contributed by atoms with Crippen molar-refractivity contribution in [2.75, 3.05) is 26.2 Å². The highest BCUT2D eigenvalue weighted by Gasteiger charge is 2.41. The zero-order valence-corrected chi connectivity index (χ0v) is 14.6. The third-order valence-corrected chi connectivity index (χ3v) is 6.04. The second kappa shape index (κ2) is 6.38. The summed E-state index contributed by atoms with van der Waals surface area (Å²) in [6.07, 6.45) is 5.93. The summed E-state index contributed by atoms with van der Waals surface area (Å²) in [6.45, 7) is 8.86. The molecular formula is C18H25N3OS. The number of nitrogens with zero attached hydrogens (tertiary/aromatic N) is 3. The SMILES string of the molecule is Cc1ccc(CN2CC[C@]3(CCCN(Cc4nccs4)C3)C2)o1. The lowest BCUT2D eigenvalue weighted by Gasteiger charge is -2.40. The summed E-state index contributed by atoms with van der Waals surface area (Å²) in [7, 11) is 0. The van der Waals surface area contributed by atoms with E-state index >= 15 is 0 Å². The first-order valence-corrected chi connectivity index (χ1v) is 9.47. The largest absolute Gasteiger partial charge is 0.465 e. The van der Waals surface area contributed by atoms with Gasteiger partial charge in [0.05, 0.1) is 13.1 Å². The van der Waals surface area contributed by atoms with E-state index in [0.29, 0.717) is 5.41 Å². The summed E-state index contributed by atoms with van der Waals surface area (Å²) < 4.78 is 5.75. The predicted octanol–water partition coefficient (Wildman–Crippen LogP) is 3.53. The molecule has 0 aromatic carbocycles. The zero-order valence-electron chi connectivity index (χ0n) is 13.8. The van der Waals surface area contributed by atoms with Crippen molar-refractivity contribution in [2.24, 2.45) is 5.41 Å². The molecule has 2 fully saturated rings. The van der Waals surface area contributed by atoms with Gasteiger partial charge in [-0.15, -0.1) is 11.3 Å². The van der Waals surface area contributed by atoms with Crippen molar-refractivity contribution < 1.29 is 4.42 Å². The van der Waals surface area contributed by atoms with Gasteiger partial charge in [0.15, 0.2) is 0 Å². The first kappa shape index (κ1) is 15.4. The molecular weight excluding hydrogens is 306 g/mol. The molecule has 2 aromatic heterocycles. The van der Waals surface area contributed by atoms with Gasteiger partial charge in [0, 0.05) is 24.7 Å². The lowest BCUT2D eigenvalue weighted by Crippen LogP contribution is -2.44. The van der Waals surface area contributed by atoms with E-state index in [2.05, 4.69) is 32.3 Å².